The third kappa shape index (κ3) is 8.93. The van der Waals surface area contributed by atoms with Crippen LogP contribution in [0.3, 0.4) is 0 Å². The number of benzene rings is 6. The van der Waals surface area contributed by atoms with Gasteiger partial charge in [-0.3, -0.25) is 9.55 Å². The lowest BCUT2D eigenvalue weighted by atomic mass is 9.79. The van der Waals surface area contributed by atoms with Gasteiger partial charge in [-0.05, 0) is 133 Å². The molecule has 0 saturated heterocycles. The number of nitrogens with zero attached hydrogens (tertiary/aromatic N) is 3. The average molecular weight is 870 g/mol. The summed E-state index contributed by atoms with van der Waals surface area (Å²) in [6.45, 7) is 23.1. The lowest BCUT2D eigenvalue weighted by Crippen LogP contribution is -2.17. The number of aromatic nitrogens is 3. The second-order valence-electron chi connectivity index (χ2n) is 20.6. The van der Waals surface area contributed by atoms with Gasteiger partial charge in [-0.1, -0.05) is 174 Å². The van der Waals surface area contributed by atoms with E-state index in [-0.39, 0.29) is 22.4 Å². The maximum absolute atomic E-state index is 12.5. The monoisotopic (exact) mass is 870 g/mol. The molecule has 2 aromatic heterocycles. The third-order valence-electron chi connectivity index (χ3n) is 12.1. The predicted molar refractivity (Wildman–Crippen MR) is 277 cm³/mol. The molecule has 0 unspecified atom stereocenters. The number of rotatable bonds is 8. The highest BCUT2D eigenvalue weighted by atomic mass is 16.3. The number of para-hydroxylation sites is 1. The molecule has 2 heterocycles. The fourth-order valence-corrected chi connectivity index (χ4v) is 8.43. The molecule has 0 amide bonds. The van der Waals surface area contributed by atoms with Gasteiger partial charge < -0.3 is 5.11 Å². The van der Waals surface area contributed by atoms with E-state index in [1.165, 1.54) is 0 Å². The largest absolute Gasteiger partial charge is 0.507 e. The summed E-state index contributed by atoms with van der Waals surface area (Å²) in [6.07, 6.45) is -0.583. The maximum Gasteiger partial charge on any atom is 0.149 e. The Morgan fingerprint density at radius 3 is 1.83 bits per heavy atom. The van der Waals surface area contributed by atoms with Crippen LogP contribution in [0.1, 0.15) is 152 Å². The number of pyridine rings is 1. The van der Waals surface area contributed by atoms with Crippen molar-refractivity contribution < 1.29 is 21.6 Å². The van der Waals surface area contributed by atoms with Crippen LogP contribution in [0, 0.1) is 6.85 Å². The van der Waals surface area contributed by atoms with Crippen molar-refractivity contribution in [2.75, 3.05) is 0 Å². The first kappa shape index (κ1) is 32.4. The number of fused-ring (bicyclic) bond motifs is 1. The number of hydrogen-bond donors (Lipinski definition) is 1. The van der Waals surface area contributed by atoms with Crippen LogP contribution in [-0.2, 0) is 16.2 Å². The minimum Gasteiger partial charge on any atom is -0.507 e. The Labute approximate surface area is 405 Å². The zero-order chi connectivity index (χ0) is 57.2. The first-order chi connectivity index (χ1) is 35.3. The van der Waals surface area contributed by atoms with Gasteiger partial charge in [0.15, 0.2) is 0 Å². The van der Waals surface area contributed by atoms with E-state index in [1.54, 1.807) is 0 Å². The van der Waals surface area contributed by atoms with Crippen LogP contribution in [0.25, 0.3) is 72.7 Å². The lowest BCUT2D eigenvalue weighted by Gasteiger charge is -2.27. The normalized spacial score (nSPS) is 15.6. The van der Waals surface area contributed by atoms with Gasteiger partial charge in [0.1, 0.15) is 11.6 Å². The van der Waals surface area contributed by atoms with Crippen molar-refractivity contribution in [3.05, 3.63) is 167 Å². The number of phenolic OH excluding ortho intramolecular Hbond substituents is 1. The highest BCUT2D eigenvalue weighted by molar-refractivity contribution is 5.97. The van der Waals surface area contributed by atoms with Gasteiger partial charge in [0.2, 0.25) is 0 Å². The summed E-state index contributed by atoms with van der Waals surface area (Å²) in [4.78, 5) is 9.95. The predicted octanol–water partition coefficient (Wildman–Crippen LogP) is 16.9. The minimum atomic E-state index is -2.98. The summed E-state index contributed by atoms with van der Waals surface area (Å²) in [7, 11) is 0. The van der Waals surface area contributed by atoms with Crippen LogP contribution in [-0.4, -0.2) is 19.6 Å². The van der Waals surface area contributed by atoms with Crippen molar-refractivity contribution in [1.82, 2.24) is 14.5 Å². The Hall–Kier alpha value is -6.26. The standard InChI is InChI=1S/C61H67N3O/c1-37(2)48-17-15-18-49(38(3)4)55(48)41-25-27-47(28-26-41)64-54-20-16-19-50(56(54)63-58(64)51-35-46(60(9,10)11)36-52(57(51)65)61(12,13)14)43-31-44(33-45(32-43)59(6,7)8)53-34-42(29-30-62-53)40-23-21-39(5)22-24-40/h15-38,65H,1-14H3/i5D3,21D,22D,23D,24D,29D,30D,34D,37D,38D. The van der Waals surface area contributed by atoms with Crippen molar-refractivity contribution in [1.29, 1.82) is 0 Å². The van der Waals surface area contributed by atoms with Gasteiger partial charge >= 0.3 is 0 Å². The molecule has 0 aliphatic rings. The first-order valence-corrected chi connectivity index (χ1v) is 22.2. The van der Waals surface area contributed by atoms with E-state index in [9.17, 15) is 6.48 Å². The summed E-state index contributed by atoms with van der Waals surface area (Å²) in [6, 6.07) is 25.2. The molecule has 8 aromatic rings. The molecule has 0 aliphatic heterocycles. The SMILES string of the molecule is [2H]c1nc(-c2cc(-c3cccc4c3nc(-c3cc(C(C)(C)C)cc(C(C)(C)C)c3O)n4-c3ccc(-c4c(C([2H])(C)C)cccc4C([2H])(C)C)cc3)cc(C(C)(C)C)c2)c([2H])c(-c2c([2H])c([2H])c(C([2H])([2H])[2H])c([2H])c2[2H])c1[2H]. The summed E-state index contributed by atoms with van der Waals surface area (Å²) in [5, 5.41) is 12.5. The van der Waals surface area contributed by atoms with Gasteiger partial charge in [0.25, 0.3) is 0 Å². The van der Waals surface area contributed by atoms with Crippen LogP contribution >= 0.6 is 0 Å². The number of phenols is 1. The summed E-state index contributed by atoms with van der Waals surface area (Å²) in [5.74, 6) is -1.38. The van der Waals surface area contributed by atoms with E-state index in [1.807, 2.05) is 138 Å². The van der Waals surface area contributed by atoms with E-state index in [2.05, 4.69) is 52.6 Å². The third-order valence-corrected chi connectivity index (χ3v) is 12.1. The van der Waals surface area contributed by atoms with E-state index >= 15 is 0 Å². The highest BCUT2D eigenvalue weighted by Gasteiger charge is 2.29. The van der Waals surface area contributed by atoms with Crippen LogP contribution in [0.4, 0.5) is 0 Å². The maximum atomic E-state index is 12.5. The smallest absolute Gasteiger partial charge is 0.149 e. The second-order valence-corrected chi connectivity index (χ2v) is 20.6. The highest BCUT2D eigenvalue weighted by Crippen LogP contribution is 2.45. The molecule has 4 nitrogen and oxygen atoms in total. The van der Waals surface area contributed by atoms with Crippen molar-refractivity contribution >= 4 is 11.0 Å². The van der Waals surface area contributed by atoms with Crippen LogP contribution in [0.5, 0.6) is 5.75 Å². The van der Waals surface area contributed by atoms with Crippen molar-refractivity contribution in [3.63, 3.8) is 0 Å². The zero-order valence-electron chi connectivity index (χ0n) is 51.9. The quantitative estimate of drug-likeness (QED) is 0.165. The van der Waals surface area contributed by atoms with Gasteiger partial charge in [-0.2, -0.15) is 0 Å². The topological polar surface area (TPSA) is 50.9 Å². The number of aromatic hydroxyl groups is 1. The Morgan fingerprint density at radius 2 is 1.23 bits per heavy atom. The van der Waals surface area contributed by atoms with Crippen LogP contribution in [0.2, 0.25) is 0 Å². The van der Waals surface area contributed by atoms with E-state index < -0.39 is 83.0 Å². The Morgan fingerprint density at radius 1 is 0.615 bits per heavy atom. The van der Waals surface area contributed by atoms with Crippen LogP contribution in [0.15, 0.2) is 133 Å². The molecule has 0 bridgehead atoms. The Bertz CT molecular complexity index is 3610. The van der Waals surface area contributed by atoms with Gasteiger partial charge in [0, 0.05) is 35.4 Å². The lowest BCUT2D eigenvalue weighted by molar-refractivity contribution is 0.446. The molecule has 4 heteroatoms. The Balaban J connectivity index is 1.44. The van der Waals surface area contributed by atoms with Crippen molar-refractivity contribution in [3.8, 4) is 67.5 Å². The van der Waals surface area contributed by atoms with E-state index in [0.29, 0.717) is 39.1 Å². The first-order valence-electron chi connectivity index (χ1n) is 28.2. The van der Waals surface area contributed by atoms with Crippen molar-refractivity contribution in [2.45, 2.75) is 125 Å². The molecule has 0 spiro atoms. The van der Waals surface area contributed by atoms with Gasteiger partial charge in [-0.25, -0.2) is 4.98 Å². The molecule has 8 rings (SSSR count). The molecule has 0 saturated carbocycles. The molecule has 0 fully saturated rings. The van der Waals surface area contributed by atoms with Crippen molar-refractivity contribution in [2.24, 2.45) is 0 Å². The Kier molecular flexibility index (Phi) is 8.45. The summed E-state index contributed by atoms with van der Waals surface area (Å²) >= 11 is 0. The average Bonchev–Trinajstić information content (AvgIpc) is 3.73. The molecule has 65 heavy (non-hydrogen) atoms. The number of hydrogen-bond acceptors (Lipinski definition) is 3. The minimum absolute atomic E-state index is 0.0606. The zero-order valence-corrected chi connectivity index (χ0v) is 39.9. The van der Waals surface area contributed by atoms with Gasteiger partial charge in [-0.15, -0.1) is 0 Å². The molecule has 0 atom stereocenters. The second kappa shape index (κ2) is 16.9. The number of imidazole rings is 1. The summed E-state index contributed by atoms with van der Waals surface area (Å²) < 4.78 is 107. The molecule has 0 aliphatic carbocycles. The van der Waals surface area contributed by atoms with E-state index in [4.69, 9.17) is 20.1 Å². The summed E-state index contributed by atoms with van der Waals surface area (Å²) in [5.41, 5.74) is 7.07. The molecule has 0 radical (unpaired) electrons. The molecule has 332 valence electrons. The molecule has 1 N–H and O–H groups in total. The fraction of sp³-hybridized carbons (Fsp3) is 0.311. The van der Waals surface area contributed by atoms with Gasteiger partial charge in [0.05, 0.1) is 31.9 Å². The fourth-order valence-electron chi connectivity index (χ4n) is 8.43. The molecular weight excluding hydrogens is 791 g/mol. The van der Waals surface area contributed by atoms with E-state index in [0.717, 1.165) is 44.6 Å². The molecule has 6 aromatic carbocycles. The van der Waals surface area contributed by atoms with Crippen LogP contribution < -0.4 is 0 Å². The molecular formula is C61H67N3O.